The number of aliphatic imine (C=N–C) groups is 2. The second-order valence-corrected chi connectivity index (χ2v) is 8.30. The Morgan fingerprint density at radius 2 is 2.06 bits per heavy atom. The van der Waals surface area contributed by atoms with E-state index in [1.54, 1.807) is 31.2 Å². The highest BCUT2D eigenvalue weighted by atomic mass is 79.9. The topological polar surface area (TPSA) is 97.9 Å². The number of anilines is 1. The SMILES string of the molecule is C=C1C(=O)N=C(n2nc(-c3cccs3)cc2NC(=O)c2cc(OC)ccc2Br)N=C1C. The molecule has 8 nitrogen and oxygen atoms in total. The second kappa shape index (κ2) is 8.40. The molecule has 0 unspecified atom stereocenters. The van der Waals surface area contributed by atoms with E-state index in [9.17, 15) is 9.59 Å². The summed E-state index contributed by atoms with van der Waals surface area (Å²) >= 11 is 4.89. The van der Waals surface area contributed by atoms with Crippen molar-refractivity contribution in [1.82, 2.24) is 9.78 Å². The fourth-order valence-electron chi connectivity index (χ4n) is 2.81. The lowest BCUT2D eigenvalue weighted by Crippen LogP contribution is -2.25. The van der Waals surface area contributed by atoms with E-state index >= 15 is 0 Å². The predicted molar refractivity (Wildman–Crippen MR) is 124 cm³/mol. The van der Waals surface area contributed by atoms with Crippen LogP contribution in [0.5, 0.6) is 5.75 Å². The molecular weight excluding hydrogens is 482 g/mol. The number of hydrogen-bond acceptors (Lipinski definition) is 6. The minimum atomic E-state index is -0.497. The third-order valence-corrected chi connectivity index (χ3v) is 6.08. The van der Waals surface area contributed by atoms with Crippen molar-refractivity contribution in [2.45, 2.75) is 6.92 Å². The van der Waals surface area contributed by atoms with Gasteiger partial charge in [0, 0.05) is 10.5 Å². The Morgan fingerprint density at radius 1 is 1.26 bits per heavy atom. The zero-order chi connectivity index (χ0) is 22.1. The number of ether oxygens (including phenoxy) is 1. The van der Waals surface area contributed by atoms with Crippen LogP contribution in [0.2, 0.25) is 0 Å². The lowest BCUT2D eigenvalue weighted by Gasteiger charge is -2.13. The summed E-state index contributed by atoms with van der Waals surface area (Å²) in [6.45, 7) is 5.36. The number of rotatable bonds is 4. The first kappa shape index (κ1) is 20.9. The van der Waals surface area contributed by atoms with Crippen molar-refractivity contribution in [3.8, 4) is 16.3 Å². The number of thiophene rings is 1. The van der Waals surface area contributed by atoms with Crippen molar-refractivity contribution in [3.05, 3.63) is 64.0 Å². The van der Waals surface area contributed by atoms with Gasteiger partial charge in [-0.1, -0.05) is 12.6 Å². The van der Waals surface area contributed by atoms with Crippen molar-refractivity contribution in [2.75, 3.05) is 12.4 Å². The summed E-state index contributed by atoms with van der Waals surface area (Å²) in [7, 11) is 1.53. The Hall–Kier alpha value is -3.37. The molecule has 0 saturated carbocycles. The number of hydrogen-bond donors (Lipinski definition) is 1. The molecule has 0 aliphatic carbocycles. The molecule has 1 aliphatic rings. The first-order valence-electron chi connectivity index (χ1n) is 9.04. The molecule has 0 saturated heterocycles. The molecule has 1 aliphatic heterocycles. The average Bonchev–Trinajstić information content (AvgIpc) is 3.42. The molecule has 1 aromatic carbocycles. The standard InChI is InChI=1S/C21H16BrN5O3S/c1-11-12(2)23-21(25-19(11)28)27-18(10-16(26-27)17-5-4-8-31-17)24-20(29)14-9-13(30-3)6-7-15(14)22/h4-10H,1H2,2-3H3,(H,24,29). The van der Waals surface area contributed by atoms with Crippen molar-refractivity contribution in [2.24, 2.45) is 9.98 Å². The monoisotopic (exact) mass is 497 g/mol. The van der Waals surface area contributed by atoms with Crippen molar-refractivity contribution >= 4 is 56.6 Å². The number of benzene rings is 1. The summed E-state index contributed by atoms with van der Waals surface area (Å²) in [5, 5.41) is 9.29. The van der Waals surface area contributed by atoms with Gasteiger partial charge in [-0.15, -0.1) is 11.3 Å². The van der Waals surface area contributed by atoms with Crippen LogP contribution in [0.25, 0.3) is 10.6 Å². The number of methoxy groups -OCH3 is 1. The first-order chi connectivity index (χ1) is 14.9. The van der Waals surface area contributed by atoms with Crippen molar-refractivity contribution in [3.63, 3.8) is 0 Å². The molecule has 1 N–H and O–H groups in total. The van der Waals surface area contributed by atoms with E-state index in [4.69, 9.17) is 4.74 Å². The number of nitrogens with one attached hydrogen (secondary N) is 1. The molecule has 10 heteroatoms. The number of aromatic nitrogens is 2. The van der Waals surface area contributed by atoms with E-state index in [-0.39, 0.29) is 11.5 Å². The number of halogens is 1. The summed E-state index contributed by atoms with van der Waals surface area (Å²) in [4.78, 5) is 34.4. The van der Waals surface area contributed by atoms with E-state index in [0.29, 0.717) is 33.0 Å². The summed E-state index contributed by atoms with van der Waals surface area (Å²) in [6, 6.07) is 10.6. The Balaban J connectivity index is 1.77. The van der Waals surface area contributed by atoms with Crippen LogP contribution in [-0.4, -0.2) is 40.4 Å². The van der Waals surface area contributed by atoms with Crippen LogP contribution in [0.15, 0.2) is 68.4 Å². The second-order valence-electron chi connectivity index (χ2n) is 6.50. The van der Waals surface area contributed by atoms with Gasteiger partial charge in [-0.05, 0) is 52.5 Å². The highest BCUT2D eigenvalue weighted by Crippen LogP contribution is 2.28. The molecule has 156 valence electrons. The lowest BCUT2D eigenvalue weighted by atomic mass is 10.2. The van der Waals surface area contributed by atoms with Gasteiger partial charge in [0.1, 0.15) is 17.3 Å². The Morgan fingerprint density at radius 3 is 2.74 bits per heavy atom. The first-order valence-corrected chi connectivity index (χ1v) is 10.7. The van der Waals surface area contributed by atoms with Gasteiger partial charge >= 0.3 is 0 Å². The maximum absolute atomic E-state index is 13.0. The largest absolute Gasteiger partial charge is 0.497 e. The van der Waals surface area contributed by atoms with Crippen LogP contribution in [-0.2, 0) is 4.79 Å². The molecule has 3 heterocycles. The Labute approximate surface area is 190 Å². The summed E-state index contributed by atoms with van der Waals surface area (Å²) in [5.41, 5.74) is 1.65. The number of nitrogens with zero attached hydrogens (tertiary/aromatic N) is 4. The molecule has 2 aromatic heterocycles. The summed E-state index contributed by atoms with van der Waals surface area (Å²) < 4.78 is 7.16. The highest BCUT2D eigenvalue weighted by molar-refractivity contribution is 9.10. The normalized spacial score (nSPS) is 13.6. The minimum Gasteiger partial charge on any atom is -0.497 e. The third-order valence-electron chi connectivity index (χ3n) is 4.50. The van der Waals surface area contributed by atoms with E-state index < -0.39 is 11.8 Å². The van der Waals surface area contributed by atoms with Gasteiger partial charge in [-0.3, -0.25) is 9.59 Å². The average molecular weight is 498 g/mol. The smallest absolute Gasteiger partial charge is 0.281 e. The molecule has 0 radical (unpaired) electrons. The molecule has 0 fully saturated rings. The van der Waals surface area contributed by atoms with E-state index in [1.165, 1.54) is 23.1 Å². The van der Waals surface area contributed by atoms with E-state index in [0.717, 1.165) is 4.88 Å². The Bertz CT molecular complexity index is 1270. The van der Waals surface area contributed by atoms with Gasteiger partial charge in [0.05, 0.1) is 28.8 Å². The highest BCUT2D eigenvalue weighted by Gasteiger charge is 2.23. The van der Waals surface area contributed by atoms with Crippen LogP contribution in [0.4, 0.5) is 5.82 Å². The van der Waals surface area contributed by atoms with Gasteiger partial charge in [0.2, 0.25) is 0 Å². The van der Waals surface area contributed by atoms with Crippen LogP contribution in [0.3, 0.4) is 0 Å². The van der Waals surface area contributed by atoms with Gasteiger partial charge in [-0.25, -0.2) is 4.99 Å². The zero-order valence-corrected chi connectivity index (χ0v) is 19.0. The summed E-state index contributed by atoms with van der Waals surface area (Å²) in [5.74, 6) is 0.0274. The molecule has 0 bridgehead atoms. The molecule has 4 rings (SSSR count). The van der Waals surface area contributed by atoms with E-state index in [2.05, 4.69) is 42.9 Å². The third kappa shape index (κ3) is 4.12. The van der Waals surface area contributed by atoms with Crippen LogP contribution >= 0.6 is 27.3 Å². The Kier molecular flexibility index (Phi) is 5.66. The minimum absolute atomic E-state index is 0.0534. The van der Waals surface area contributed by atoms with Crippen LogP contribution < -0.4 is 10.1 Å². The number of carbonyl (C=O) groups is 2. The zero-order valence-electron chi connectivity index (χ0n) is 16.5. The van der Waals surface area contributed by atoms with E-state index in [1.807, 2.05) is 17.5 Å². The molecule has 0 atom stereocenters. The lowest BCUT2D eigenvalue weighted by molar-refractivity contribution is -0.113. The van der Waals surface area contributed by atoms with Gasteiger partial charge in [0.25, 0.3) is 17.8 Å². The molecule has 2 amide bonds. The van der Waals surface area contributed by atoms with Gasteiger partial charge < -0.3 is 10.1 Å². The number of amides is 2. The maximum Gasteiger partial charge on any atom is 0.281 e. The molecular formula is C21H16BrN5O3S. The van der Waals surface area contributed by atoms with Crippen molar-refractivity contribution in [1.29, 1.82) is 0 Å². The van der Waals surface area contributed by atoms with Crippen LogP contribution in [0.1, 0.15) is 17.3 Å². The van der Waals surface area contributed by atoms with Crippen LogP contribution in [0, 0.1) is 0 Å². The van der Waals surface area contributed by atoms with Crippen molar-refractivity contribution < 1.29 is 14.3 Å². The number of carbonyl (C=O) groups excluding carboxylic acids is 2. The fraction of sp³-hybridized carbons (Fsp3) is 0.0952. The summed E-state index contributed by atoms with van der Waals surface area (Å²) in [6.07, 6.45) is 0. The molecule has 0 spiro atoms. The molecule has 3 aromatic rings. The molecule has 31 heavy (non-hydrogen) atoms. The fourth-order valence-corrected chi connectivity index (χ4v) is 3.91. The van der Waals surface area contributed by atoms with Gasteiger partial charge in [0.15, 0.2) is 0 Å². The predicted octanol–water partition coefficient (Wildman–Crippen LogP) is 4.40. The maximum atomic E-state index is 13.0. The quantitative estimate of drug-likeness (QED) is 0.540. The van der Waals surface area contributed by atoms with Gasteiger partial charge in [-0.2, -0.15) is 14.8 Å².